The molecule has 1 saturated carbocycles. The number of pyridine rings is 1. The molecule has 8 nitrogen and oxygen atoms in total. The summed E-state index contributed by atoms with van der Waals surface area (Å²) in [5.74, 6) is 0.399. The zero-order valence-electron chi connectivity index (χ0n) is 19.5. The number of anilines is 1. The molecule has 0 atom stereocenters. The minimum absolute atomic E-state index is 0.0395. The third-order valence-corrected chi connectivity index (χ3v) is 5.90. The van der Waals surface area contributed by atoms with Crippen molar-refractivity contribution in [2.24, 2.45) is 0 Å². The molecule has 0 saturated heterocycles. The van der Waals surface area contributed by atoms with E-state index in [-0.39, 0.29) is 29.7 Å². The maximum Gasteiger partial charge on any atom is 0.337 e. The van der Waals surface area contributed by atoms with Crippen LogP contribution >= 0.6 is 0 Å². The number of carbonyl (C=O) groups excluding carboxylic acids is 1. The number of rotatable bonds is 9. The number of hydrogen-bond donors (Lipinski definition) is 2. The fourth-order valence-corrected chi connectivity index (χ4v) is 4.02. The fraction of sp³-hybridized carbons (Fsp3) is 0.296. The van der Waals surface area contributed by atoms with Gasteiger partial charge in [0.15, 0.2) is 0 Å². The molecule has 8 heteroatoms. The number of aromatic carboxylic acids is 1. The number of para-hydroxylation sites is 1. The van der Waals surface area contributed by atoms with Gasteiger partial charge in [-0.1, -0.05) is 18.2 Å². The summed E-state index contributed by atoms with van der Waals surface area (Å²) in [6, 6.07) is 17.1. The van der Waals surface area contributed by atoms with Gasteiger partial charge in [-0.3, -0.25) is 4.79 Å². The Balaban J connectivity index is 1.27. The quantitative estimate of drug-likeness (QED) is 0.443. The average molecular weight is 477 g/mol. The summed E-state index contributed by atoms with van der Waals surface area (Å²) in [6.45, 7) is 0. The highest BCUT2D eigenvalue weighted by atomic mass is 16.5. The normalized spacial score (nSPS) is 17.4. The first-order valence-corrected chi connectivity index (χ1v) is 11.5. The topological polar surface area (TPSA) is 107 Å². The van der Waals surface area contributed by atoms with E-state index < -0.39 is 5.97 Å². The molecule has 182 valence electrons. The van der Waals surface area contributed by atoms with Crippen LogP contribution in [-0.2, 0) is 16.0 Å². The highest BCUT2D eigenvalue weighted by Gasteiger charge is 2.22. The van der Waals surface area contributed by atoms with Crippen LogP contribution in [0.15, 0.2) is 66.9 Å². The second kappa shape index (κ2) is 11.5. The monoisotopic (exact) mass is 476 g/mol. The Morgan fingerprint density at radius 1 is 0.943 bits per heavy atom. The highest BCUT2D eigenvalue weighted by molar-refractivity contribution is 6.00. The molecule has 1 fully saturated rings. The van der Waals surface area contributed by atoms with Gasteiger partial charge in [-0.25, -0.2) is 9.78 Å². The predicted octanol–water partition coefficient (Wildman–Crippen LogP) is 5.09. The molecule has 1 amide bonds. The molecule has 3 aromatic rings. The van der Waals surface area contributed by atoms with Gasteiger partial charge in [0.2, 0.25) is 11.8 Å². The molecule has 1 aromatic heterocycles. The zero-order chi connectivity index (χ0) is 24.6. The lowest BCUT2D eigenvalue weighted by Crippen LogP contribution is -2.27. The number of aromatic nitrogens is 1. The largest absolute Gasteiger partial charge is 0.490 e. The summed E-state index contributed by atoms with van der Waals surface area (Å²) in [5, 5.41) is 11.9. The van der Waals surface area contributed by atoms with Crippen molar-refractivity contribution < 1.29 is 28.9 Å². The van der Waals surface area contributed by atoms with Crippen LogP contribution in [0.2, 0.25) is 0 Å². The summed E-state index contributed by atoms with van der Waals surface area (Å²) < 4.78 is 17.3. The number of methoxy groups -OCH3 is 1. The molecule has 1 aliphatic carbocycles. The number of nitrogens with one attached hydrogen (secondary N) is 1. The van der Waals surface area contributed by atoms with Gasteiger partial charge in [0.1, 0.15) is 11.5 Å². The van der Waals surface area contributed by atoms with Crippen molar-refractivity contribution in [3.05, 3.63) is 78.0 Å². The number of ether oxygens (including phenoxy) is 3. The first-order chi connectivity index (χ1) is 17.0. The summed E-state index contributed by atoms with van der Waals surface area (Å²) in [4.78, 5) is 27.9. The summed E-state index contributed by atoms with van der Waals surface area (Å²) in [5.41, 5.74) is 0.972. The van der Waals surface area contributed by atoms with Gasteiger partial charge in [0, 0.05) is 19.4 Å². The molecule has 2 aromatic carbocycles. The Labute approximate surface area is 203 Å². The Morgan fingerprint density at radius 2 is 1.63 bits per heavy atom. The zero-order valence-corrected chi connectivity index (χ0v) is 19.5. The van der Waals surface area contributed by atoms with E-state index in [2.05, 4.69) is 10.3 Å². The number of carbonyl (C=O) groups is 2. The number of amides is 1. The molecular weight excluding hydrogens is 448 g/mol. The fourth-order valence-electron chi connectivity index (χ4n) is 4.02. The van der Waals surface area contributed by atoms with E-state index in [0.29, 0.717) is 23.3 Å². The lowest BCUT2D eigenvalue weighted by atomic mass is 9.95. The average Bonchev–Trinajstić information content (AvgIpc) is 2.87. The third kappa shape index (κ3) is 6.80. The van der Waals surface area contributed by atoms with Gasteiger partial charge < -0.3 is 24.6 Å². The molecule has 0 spiro atoms. The maximum atomic E-state index is 12.4. The smallest absolute Gasteiger partial charge is 0.337 e. The van der Waals surface area contributed by atoms with Gasteiger partial charge in [-0.15, -0.1) is 0 Å². The molecular formula is C27H28N2O6. The van der Waals surface area contributed by atoms with Crippen LogP contribution in [-0.4, -0.2) is 41.3 Å². The van der Waals surface area contributed by atoms with Crippen molar-refractivity contribution in [2.45, 2.75) is 44.3 Å². The number of hydrogen-bond acceptors (Lipinski definition) is 6. The van der Waals surface area contributed by atoms with E-state index in [0.717, 1.165) is 31.4 Å². The maximum absolute atomic E-state index is 12.4. The van der Waals surface area contributed by atoms with Crippen molar-refractivity contribution in [2.75, 3.05) is 12.4 Å². The summed E-state index contributed by atoms with van der Waals surface area (Å²) in [7, 11) is 1.76. The van der Waals surface area contributed by atoms with Crippen molar-refractivity contribution >= 4 is 17.6 Å². The van der Waals surface area contributed by atoms with E-state index in [9.17, 15) is 14.7 Å². The lowest BCUT2D eigenvalue weighted by molar-refractivity contribution is -0.115. The molecule has 1 aliphatic rings. The number of benzene rings is 2. The number of carboxylic acid groups (broad SMARTS) is 1. The van der Waals surface area contributed by atoms with Gasteiger partial charge in [0.05, 0.1) is 29.9 Å². The Morgan fingerprint density at radius 3 is 2.29 bits per heavy atom. The number of carboxylic acids is 1. The lowest BCUT2D eigenvalue weighted by Gasteiger charge is -2.28. The van der Waals surface area contributed by atoms with Crippen LogP contribution in [0.3, 0.4) is 0 Å². The minimum atomic E-state index is -1.10. The van der Waals surface area contributed by atoms with E-state index in [1.54, 1.807) is 43.6 Å². The summed E-state index contributed by atoms with van der Waals surface area (Å²) in [6.07, 6.45) is 6.16. The van der Waals surface area contributed by atoms with E-state index in [1.165, 1.54) is 6.07 Å². The van der Waals surface area contributed by atoms with Gasteiger partial charge >= 0.3 is 5.97 Å². The van der Waals surface area contributed by atoms with Crippen molar-refractivity contribution in [3.8, 4) is 17.4 Å². The van der Waals surface area contributed by atoms with Gasteiger partial charge in [-0.05, 0) is 67.6 Å². The van der Waals surface area contributed by atoms with Crippen LogP contribution in [0, 0.1) is 0 Å². The second-order valence-corrected chi connectivity index (χ2v) is 8.41. The van der Waals surface area contributed by atoms with Crippen LogP contribution < -0.4 is 14.8 Å². The van der Waals surface area contributed by atoms with Crippen LogP contribution in [0.4, 0.5) is 5.69 Å². The van der Waals surface area contributed by atoms with Gasteiger partial charge in [-0.2, -0.15) is 0 Å². The van der Waals surface area contributed by atoms with E-state index >= 15 is 0 Å². The third-order valence-electron chi connectivity index (χ3n) is 5.90. The molecule has 0 aliphatic heterocycles. The molecule has 1 heterocycles. The van der Waals surface area contributed by atoms with Crippen molar-refractivity contribution in [3.63, 3.8) is 0 Å². The molecule has 2 N–H and O–H groups in total. The highest BCUT2D eigenvalue weighted by Crippen LogP contribution is 2.27. The first kappa shape index (κ1) is 24.2. The van der Waals surface area contributed by atoms with Gasteiger partial charge in [0.25, 0.3) is 0 Å². The molecule has 0 bridgehead atoms. The molecule has 0 unspecified atom stereocenters. The predicted molar refractivity (Wildman–Crippen MR) is 130 cm³/mol. The van der Waals surface area contributed by atoms with E-state index in [1.807, 2.05) is 24.3 Å². The standard InChI is InChI=1S/C27H28N2O6/c1-33-19-7-9-20(10-8-19)34-21-11-13-22(14-12-21)35-26-15-6-18(17-28-26)16-25(30)29-24-5-3-2-4-23(24)27(31)32/h2-6,11-15,17,19-20H,7-10,16H2,1H3,(H,29,30)(H,31,32). The number of nitrogens with zero attached hydrogens (tertiary/aromatic N) is 1. The van der Waals surface area contributed by atoms with Crippen LogP contribution in [0.5, 0.6) is 17.4 Å². The van der Waals surface area contributed by atoms with Crippen molar-refractivity contribution in [1.29, 1.82) is 0 Å². The molecule has 0 radical (unpaired) electrons. The minimum Gasteiger partial charge on any atom is -0.490 e. The SMILES string of the molecule is COC1CCC(Oc2ccc(Oc3ccc(CC(=O)Nc4ccccc4C(=O)O)cn3)cc2)CC1. The molecule has 35 heavy (non-hydrogen) atoms. The molecule has 4 rings (SSSR count). The van der Waals surface area contributed by atoms with Crippen LogP contribution in [0.1, 0.15) is 41.6 Å². The van der Waals surface area contributed by atoms with Crippen LogP contribution in [0.25, 0.3) is 0 Å². The second-order valence-electron chi connectivity index (χ2n) is 8.41. The Kier molecular flexibility index (Phi) is 7.95. The summed E-state index contributed by atoms with van der Waals surface area (Å²) >= 11 is 0. The van der Waals surface area contributed by atoms with Crippen molar-refractivity contribution in [1.82, 2.24) is 4.98 Å². The van der Waals surface area contributed by atoms with E-state index in [4.69, 9.17) is 14.2 Å². The Hall–Kier alpha value is -3.91. The first-order valence-electron chi connectivity index (χ1n) is 11.5. The Bertz CT molecular complexity index is 1140.